The summed E-state index contributed by atoms with van der Waals surface area (Å²) in [4.78, 5) is 12.2. The third-order valence-electron chi connectivity index (χ3n) is 3.10. The molecule has 2 aromatic rings. The Balaban J connectivity index is 2.24. The van der Waals surface area contributed by atoms with Crippen LogP contribution in [-0.4, -0.2) is 5.91 Å². The summed E-state index contributed by atoms with van der Waals surface area (Å²) >= 11 is 0. The molecule has 3 rings (SSSR count). The highest BCUT2D eigenvalue weighted by molar-refractivity contribution is 6.07. The molecule has 0 aromatic heterocycles. The minimum atomic E-state index is -0.148. The fourth-order valence-corrected chi connectivity index (χ4v) is 2.22. The van der Waals surface area contributed by atoms with Crippen LogP contribution in [0.4, 0.5) is 5.69 Å². The number of carbonyl (C=O) groups excluding carboxylic acids is 1. The van der Waals surface area contributed by atoms with Gasteiger partial charge in [0.1, 0.15) is 0 Å². The maximum absolute atomic E-state index is 12.2. The van der Waals surface area contributed by atoms with Crippen LogP contribution in [0.2, 0.25) is 0 Å². The quantitative estimate of drug-likeness (QED) is 0.550. The summed E-state index contributed by atoms with van der Waals surface area (Å²) in [5, 5.41) is 1.24. The molecule has 3 heteroatoms. The zero-order chi connectivity index (χ0) is 11.8. The maximum atomic E-state index is 12.2. The minimum Gasteiger partial charge on any atom is -0.267 e. The summed E-state index contributed by atoms with van der Waals surface area (Å²) in [6.07, 6.45) is 0.742. The fourth-order valence-electron chi connectivity index (χ4n) is 2.22. The second-order valence-corrected chi connectivity index (χ2v) is 4.14. The minimum absolute atomic E-state index is 0.148. The number of benzene rings is 2. The van der Waals surface area contributed by atoms with E-state index < -0.39 is 0 Å². The van der Waals surface area contributed by atoms with Crippen molar-refractivity contribution in [3.63, 3.8) is 0 Å². The van der Waals surface area contributed by atoms with Crippen LogP contribution in [0.3, 0.4) is 0 Å². The van der Waals surface area contributed by atoms with E-state index in [1.807, 2.05) is 48.5 Å². The van der Waals surface area contributed by atoms with E-state index in [0.717, 1.165) is 23.2 Å². The molecule has 84 valence electrons. The maximum Gasteiger partial charge on any atom is 0.272 e. The number of hydrazine groups is 1. The van der Waals surface area contributed by atoms with Crippen LogP contribution in [0.15, 0.2) is 48.5 Å². The predicted molar refractivity (Wildman–Crippen MR) is 66.7 cm³/mol. The SMILES string of the molecule is NN1C(=O)c2ccccc2Cc2ccccc21. The topological polar surface area (TPSA) is 46.3 Å². The number of hydrogen-bond acceptors (Lipinski definition) is 2. The first-order valence-electron chi connectivity index (χ1n) is 5.52. The van der Waals surface area contributed by atoms with E-state index in [0.29, 0.717) is 5.56 Å². The number of nitrogens with zero attached hydrogens (tertiary/aromatic N) is 1. The molecule has 0 radical (unpaired) electrons. The third kappa shape index (κ3) is 1.52. The van der Waals surface area contributed by atoms with Crippen LogP contribution in [0.1, 0.15) is 21.5 Å². The first-order chi connectivity index (χ1) is 8.27. The Kier molecular flexibility index (Phi) is 2.20. The molecule has 0 spiro atoms. The van der Waals surface area contributed by atoms with Crippen LogP contribution in [-0.2, 0) is 6.42 Å². The number of para-hydroxylation sites is 1. The molecular weight excluding hydrogens is 212 g/mol. The highest BCUT2D eigenvalue weighted by atomic mass is 16.2. The van der Waals surface area contributed by atoms with Gasteiger partial charge in [-0.15, -0.1) is 0 Å². The Labute approximate surface area is 99.4 Å². The largest absolute Gasteiger partial charge is 0.272 e. The molecular formula is C14H12N2O. The number of amides is 1. The summed E-state index contributed by atoms with van der Waals surface area (Å²) in [6.45, 7) is 0. The van der Waals surface area contributed by atoms with Crippen molar-refractivity contribution in [2.75, 3.05) is 5.01 Å². The molecule has 2 N–H and O–H groups in total. The Hall–Kier alpha value is -2.13. The molecule has 17 heavy (non-hydrogen) atoms. The molecule has 0 aliphatic carbocycles. The smallest absolute Gasteiger partial charge is 0.267 e. The molecule has 0 saturated heterocycles. The van der Waals surface area contributed by atoms with Crippen LogP contribution < -0.4 is 10.9 Å². The van der Waals surface area contributed by atoms with Gasteiger partial charge in [-0.2, -0.15) is 0 Å². The number of anilines is 1. The Morgan fingerprint density at radius 2 is 1.59 bits per heavy atom. The predicted octanol–water partition coefficient (Wildman–Crippen LogP) is 2.11. The van der Waals surface area contributed by atoms with Gasteiger partial charge in [-0.25, -0.2) is 10.9 Å². The summed E-state index contributed by atoms with van der Waals surface area (Å²) < 4.78 is 0. The highest BCUT2D eigenvalue weighted by Gasteiger charge is 2.23. The van der Waals surface area contributed by atoms with Crippen molar-refractivity contribution in [1.29, 1.82) is 0 Å². The molecule has 0 atom stereocenters. The number of fused-ring (bicyclic) bond motifs is 2. The summed E-state index contributed by atoms with van der Waals surface area (Å²) in [5.41, 5.74) is 3.58. The lowest BCUT2D eigenvalue weighted by atomic mass is 10.0. The normalized spacial score (nSPS) is 13.9. The Morgan fingerprint density at radius 1 is 0.941 bits per heavy atom. The van der Waals surface area contributed by atoms with Gasteiger partial charge in [-0.05, 0) is 23.3 Å². The lowest BCUT2D eigenvalue weighted by Crippen LogP contribution is -2.37. The van der Waals surface area contributed by atoms with Gasteiger partial charge in [-0.1, -0.05) is 36.4 Å². The lowest BCUT2D eigenvalue weighted by Gasteiger charge is -2.16. The third-order valence-corrected chi connectivity index (χ3v) is 3.10. The molecule has 0 fully saturated rings. The number of hydrogen-bond donors (Lipinski definition) is 1. The van der Waals surface area contributed by atoms with Crippen molar-refractivity contribution < 1.29 is 4.79 Å². The van der Waals surface area contributed by atoms with Crippen LogP contribution in [0, 0.1) is 0 Å². The van der Waals surface area contributed by atoms with Crippen LogP contribution >= 0.6 is 0 Å². The first-order valence-corrected chi connectivity index (χ1v) is 5.52. The van der Waals surface area contributed by atoms with Gasteiger partial charge in [0, 0.05) is 12.0 Å². The van der Waals surface area contributed by atoms with E-state index in [-0.39, 0.29) is 5.91 Å². The average Bonchev–Trinajstić information content (AvgIpc) is 2.48. The molecule has 0 unspecified atom stereocenters. The molecule has 0 saturated carbocycles. The van der Waals surface area contributed by atoms with E-state index >= 15 is 0 Å². The standard InChI is InChI=1S/C14H12N2O/c15-16-13-8-4-2-6-11(13)9-10-5-1-3-7-12(10)14(16)17/h1-8H,9,15H2. The van der Waals surface area contributed by atoms with Crippen molar-refractivity contribution in [3.8, 4) is 0 Å². The fraction of sp³-hybridized carbons (Fsp3) is 0.0714. The second-order valence-electron chi connectivity index (χ2n) is 4.14. The van der Waals surface area contributed by atoms with Gasteiger partial charge in [0.15, 0.2) is 0 Å². The number of nitrogens with two attached hydrogens (primary N) is 1. The van der Waals surface area contributed by atoms with E-state index in [1.54, 1.807) is 0 Å². The highest BCUT2D eigenvalue weighted by Crippen LogP contribution is 2.28. The lowest BCUT2D eigenvalue weighted by molar-refractivity contribution is 0.0987. The average molecular weight is 224 g/mol. The van der Waals surface area contributed by atoms with Crippen molar-refractivity contribution in [2.45, 2.75) is 6.42 Å². The van der Waals surface area contributed by atoms with Crippen molar-refractivity contribution in [2.24, 2.45) is 5.84 Å². The monoisotopic (exact) mass is 224 g/mol. The number of carbonyl (C=O) groups is 1. The molecule has 1 heterocycles. The first kappa shape index (κ1) is 10.1. The van der Waals surface area contributed by atoms with Crippen molar-refractivity contribution >= 4 is 11.6 Å². The Morgan fingerprint density at radius 3 is 2.41 bits per heavy atom. The zero-order valence-corrected chi connectivity index (χ0v) is 9.26. The van der Waals surface area contributed by atoms with Gasteiger partial charge in [-0.3, -0.25) is 4.79 Å². The summed E-state index contributed by atoms with van der Waals surface area (Å²) in [7, 11) is 0. The van der Waals surface area contributed by atoms with E-state index in [4.69, 9.17) is 5.84 Å². The molecule has 3 nitrogen and oxygen atoms in total. The van der Waals surface area contributed by atoms with Gasteiger partial charge in [0.05, 0.1) is 5.69 Å². The van der Waals surface area contributed by atoms with Crippen molar-refractivity contribution in [3.05, 3.63) is 65.2 Å². The van der Waals surface area contributed by atoms with E-state index in [1.165, 1.54) is 5.01 Å². The molecule has 1 aliphatic rings. The summed E-state index contributed by atoms with van der Waals surface area (Å²) in [6, 6.07) is 15.3. The Bertz CT molecular complexity index is 592. The van der Waals surface area contributed by atoms with Gasteiger partial charge in [0.25, 0.3) is 5.91 Å². The van der Waals surface area contributed by atoms with Gasteiger partial charge in [0.2, 0.25) is 0 Å². The van der Waals surface area contributed by atoms with Crippen LogP contribution in [0.25, 0.3) is 0 Å². The molecule has 1 amide bonds. The van der Waals surface area contributed by atoms with E-state index in [9.17, 15) is 4.79 Å². The van der Waals surface area contributed by atoms with Gasteiger partial charge >= 0.3 is 0 Å². The number of rotatable bonds is 0. The van der Waals surface area contributed by atoms with Crippen LogP contribution in [0.5, 0.6) is 0 Å². The molecule has 0 bridgehead atoms. The molecule has 1 aliphatic heterocycles. The second kappa shape index (κ2) is 3.71. The zero-order valence-electron chi connectivity index (χ0n) is 9.26. The van der Waals surface area contributed by atoms with Crippen molar-refractivity contribution in [1.82, 2.24) is 0 Å². The summed E-state index contributed by atoms with van der Waals surface area (Å²) in [5.74, 6) is 5.74. The van der Waals surface area contributed by atoms with Gasteiger partial charge < -0.3 is 0 Å². The van der Waals surface area contributed by atoms with E-state index in [2.05, 4.69) is 0 Å². The molecule has 2 aromatic carbocycles.